The fraction of sp³-hybridized carbons (Fsp3) is 0.353. The molecule has 2 unspecified atom stereocenters. The topological polar surface area (TPSA) is 24.9 Å². The maximum atomic E-state index is 4.66. The number of hydrogen-bond donors (Lipinski definition) is 1. The van der Waals surface area contributed by atoms with Crippen LogP contribution in [0.5, 0.6) is 0 Å². The molecule has 3 heteroatoms. The van der Waals surface area contributed by atoms with Crippen molar-refractivity contribution in [2.24, 2.45) is 0 Å². The van der Waals surface area contributed by atoms with E-state index in [0.29, 0.717) is 12.0 Å². The van der Waals surface area contributed by atoms with Gasteiger partial charge in [-0.3, -0.25) is 4.98 Å². The number of nitrogens with zero attached hydrogens (tertiary/aromatic N) is 1. The van der Waals surface area contributed by atoms with Crippen LogP contribution in [0, 0.1) is 0 Å². The first-order valence-corrected chi connectivity index (χ1v) is 7.95. The van der Waals surface area contributed by atoms with Crippen molar-refractivity contribution in [1.29, 1.82) is 0 Å². The molecule has 0 saturated heterocycles. The summed E-state index contributed by atoms with van der Waals surface area (Å²) >= 11 is 3.51. The molecule has 2 atom stereocenters. The van der Waals surface area contributed by atoms with E-state index >= 15 is 0 Å². The average Bonchev–Trinajstić information content (AvgIpc) is 2.50. The lowest BCUT2D eigenvalue weighted by atomic mass is 9.79. The van der Waals surface area contributed by atoms with Gasteiger partial charge in [0.1, 0.15) is 0 Å². The maximum Gasteiger partial charge on any atom is 0.0485 e. The second-order valence-corrected chi connectivity index (χ2v) is 6.28. The van der Waals surface area contributed by atoms with Gasteiger partial charge in [0, 0.05) is 28.3 Å². The van der Waals surface area contributed by atoms with E-state index in [1.54, 1.807) is 0 Å². The highest BCUT2D eigenvalue weighted by atomic mass is 79.9. The van der Waals surface area contributed by atoms with Crippen molar-refractivity contribution >= 4 is 15.9 Å². The number of aromatic nitrogens is 1. The van der Waals surface area contributed by atoms with E-state index in [2.05, 4.69) is 62.6 Å². The second kappa shape index (κ2) is 6.06. The number of halogens is 1. The number of aryl methyl sites for hydroxylation is 1. The number of benzene rings is 1. The molecule has 1 aromatic carbocycles. The molecule has 0 aliphatic heterocycles. The zero-order chi connectivity index (χ0) is 13.9. The molecular formula is C17H19BrN2. The van der Waals surface area contributed by atoms with Crippen LogP contribution in [0.15, 0.2) is 47.1 Å². The lowest BCUT2D eigenvalue weighted by molar-refractivity contribution is 0.416. The van der Waals surface area contributed by atoms with Crippen molar-refractivity contribution in [3.8, 4) is 0 Å². The maximum absolute atomic E-state index is 4.66. The van der Waals surface area contributed by atoms with E-state index in [1.807, 2.05) is 13.2 Å². The third-order valence-electron chi connectivity index (χ3n) is 4.18. The second-order valence-electron chi connectivity index (χ2n) is 5.36. The van der Waals surface area contributed by atoms with Crippen molar-refractivity contribution in [3.63, 3.8) is 0 Å². The Morgan fingerprint density at radius 3 is 2.80 bits per heavy atom. The smallest absolute Gasteiger partial charge is 0.0485 e. The van der Waals surface area contributed by atoms with Gasteiger partial charge in [0.2, 0.25) is 0 Å². The van der Waals surface area contributed by atoms with Gasteiger partial charge >= 0.3 is 0 Å². The summed E-state index contributed by atoms with van der Waals surface area (Å²) in [5.74, 6) is 0.464. The molecule has 1 aliphatic rings. The summed E-state index contributed by atoms with van der Waals surface area (Å²) in [6.07, 6.45) is 5.53. The summed E-state index contributed by atoms with van der Waals surface area (Å²) in [7, 11) is 2.05. The standard InChI is InChI=1S/C17H19BrN2/c1-19-16(13-7-9-14(18)10-8-13)15-6-2-4-12-5-3-11-20-17(12)15/h3,5,7-11,15-16,19H,2,4,6H2,1H3. The van der Waals surface area contributed by atoms with Gasteiger partial charge in [-0.25, -0.2) is 0 Å². The minimum Gasteiger partial charge on any atom is -0.312 e. The summed E-state index contributed by atoms with van der Waals surface area (Å²) in [6.45, 7) is 0. The molecule has 0 fully saturated rings. The van der Waals surface area contributed by atoms with Gasteiger partial charge in [-0.2, -0.15) is 0 Å². The van der Waals surface area contributed by atoms with Gasteiger partial charge in [0.05, 0.1) is 0 Å². The first-order valence-electron chi connectivity index (χ1n) is 7.16. The van der Waals surface area contributed by atoms with Gasteiger partial charge in [0.25, 0.3) is 0 Å². The molecule has 1 heterocycles. The first-order chi connectivity index (χ1) is 9.79. The van der Waals surface area contributed by atoms with E-state index < -0.39 is 0 Å². The molecule has 0 saturated carbocycles. The third kappa shape index (κ3) is 2.65. The minimum atomic E-state index is 0.331. The third-order valence-corrected chi connectivity index (χ3v) is 4.71. The predicted octanol–water partition coefficient (Wildman–Crippen LogP) is 4.22. The molecular weight excluding hydrogens is 312 g/mol. The highest BCUT2D eigenvalue weighted by Gasteiger charge is 2.29. The monoisotopic (exact) mass is 330 g/mol. The molecule has 1 aromatic heterocycles. The van der Waals surface area contributed by atoms with Crippen LogP contribution in [-0.2, 0) is 6.42 Å². The number of nitrogens with one attached hydrogen (secondary N) is 1. The summed E-state index contributed by atoms with van der Waals surface area (Å²) in [4.78, 5) is 4.66. The Morgan fingerprint density at radius 1 is 1.25 bits per heavy atom. The van der Waals surface area contributed by atoms with Gasteiger partial charge in [-0.15, -0.1) is 0 Å². The molecule has 2 aromatic rings. The zero-order valence-electron chi connectivity index (χ0n) is 11.6. The zero-order valence-corrected chi connectivity index (χ0v) is 13.2. The van der Waals surface area contributed by atoms with Crippen LogP contribution >= 0.6 is 15.9 Å². The lowest BCUT2D eigenvalue weighted by Gasteiger charge is -2.31. The van der Waals surface area contributed by atoms with Crippen molar-refractivity contribution in [3.05, 3.63) is 63.9 Å². The van der Waals surface area contributed by atoms with Crippen LogP contribution < -0.4 is 5.32 Å². The van der Waals surface area contributed by atoms with Crippen LogP contribution in [0.3, 0.4) is 0 Å². The predicted molar refractivity (Wildman–Crippen MR) is 85.9 cm³/mol. The Hall–Kier alpha value is -1.19. The van der Waals surface area contributed by atoms with Gasteiger partial charge in [-0.05, 0) is 55.6 Å². The Kier molecular flexibility index (Phi) is 4.18. The summed E-state index contributed by atoms with van der Waals surface area (Å²) < 4.78 is 1.12. The highest BCUT2D eigenvalue weighted by molar-refractivity contribution is 9.10. The van der Waals surface area contributed by atoms with Gasteiger partial charge in [-0.1, -0.05) is 34.1 Å². The number of fused-ring (bicyclic) bond motifs is 1. The van der Waals surface area contributed by atoms with Crippen molar-refractivity contribution < 1.29 is 0 Å². The fourth-order valence-corrected chi connectivity index (χ4v) is 3.50. The molecule has 0 amide bonds. The molecule has 20 heavy (non-hydrogen) atoms. The molecule has 1 aliphatic carbocycles. The Morgan fingerprint density at radius 2 is 2.05 bits per heavy atom. The van der Waals surface area contributed by atoms with E-state index in [1.165, 1.54) is 29.7 Å². The van der Waals surface area contributed by atoms with Crippen molar-refractivity contribution in [1.82, 2.24) is 10.3 Å². The molecule has 1 N–H and O–H groups in total. The quantitative estimate of drug-likeness (QED) is 0.911. The first kappa shape index (κ1) is 13.8. The summed E-state index contributed by atoms with van der Waals surface area (Å²) in [5, 5.41) is 3.49. The Bertz CT molecular complexity index is 580. The van der Waals surface area contributed by atoms with E-state index in [9.17, 15) is 0 Å². The van der Waals surface area contributed by atoms with Gasteiger partial charge in [0.15, 0.2) is 0 Å². The van der Waals surface area contributed by atoms with Crippen LogP contribution in [0.4, 0.5) is 0 Å². The van der Waals surface area contributed by atoms with Crippen LogP contribution in [0.2, 0.25) is 0 Å². The number of likely N-dealkylation sites (N-methyl/N-ethyl adjacent to an activating group) is 1. The molecule has 3 rings (SSSR count). The fourth-order valence-electron chi connectivity index (χ4n) is 3.24. The van der Waals surface area contributed by atoms with Crippen molar-refractivity contribution in [2.75, 3.05) is 7.05 Å². The van der Waals surface area contributed by atoms with E-state index in [0.717, 1.165) is 10.9 Å². The average molecular weight is 331 g/mol. The summed E-state index contributed by atoms with van der Waals surface area (Å²) in [6, 6.07) is 13.2. The van der Waals surface area contributed by atoms with E-state index in [-0.39, 0.29) is 0 Å². The normalized spacial score (nSPS) is 19.4. The SMILES string of the molecule is CNC(c1ccc(Br)cc1)C1CCCc2cccnc21. The Balaban J connectivity index is 1.96. The molecule has 0 bridgehead atoms. The van der Waals surface area contributed by atoms with Crippen LogP contribution in [0.25, 0.3) is 0 Å². The van der Waals surface area contributed by atoms with Gasteiger partial charge < -0.3 is 5.32 Å². The number of rotatable bonds is 3. The van der Waals surface area contributed by atoms with Crippen molar-refractivity contribution in [2.45, 2.75) is 31.2 Å². The molecule has 0 spiro atoms. The lowest BCUT2D eigenvalue weighted by Crippen LogP contribution is -2.27. The largest absolute Gasteiger partial charge is 0.312 e. The Labute approximate surface area is 128 Å². The molecule has 2 nitrogen and oxygen atoms in total. The van der Waals surface area contributed by atoms with Crippen LogP contribution in [-0.4, -0.2) is 12.0 Å². The summed E-state index contributed by atoms with van der Waals surface area (Å²) in [5.41, 5.74) is 4.03. The molecule has 0 radical (unpaired) electrons. The van der Waals surface area contributed by atoms with E-state index in [4.69, 9.17) is 0 Å². The minimum absolute atomic E-state index is 0.331. The highest BCUT2D eigenvalue weighted by Crippen LogP contribution is 2.39. The molecule has 104 valence electrons. The number of pyridine rings is 1. The van der Waals surface area contributed by atoms with Crippen LogP contribution in [0.1, 0.15) is 41.6 Å². The number of hydrogen-bond acceptors (Lipinski definition) is 2.